The summed E-state index contributed by atoms with van der Waals surface area (Å²) in [6, 6.07) is 5.03. The standard InChI is InChI=1S/C13H15FN2/c1-8-5-9(2)16-13-10(3-4-15)6-11(14)7-12(8)13/h5-7H,3-4,15H2,1-2H3. The molecule has 16 heavy (non-hydrogen) atoms. The number of nitrogens with zero attached hydrogens (tertiary/aromatic N) is 1. The average molecular weight is 218 g/mol. The summed E-state index contributed by atoms with van der Waals surface area (Å²) in [6.45, 7) is 4.43. The first kappa shape index (κ1) is 11.0. The fourth-order valence-corrected chi connectivity index (χ4v) is 2.03. The summed E-state index contributed by atoms with van der Waals surface area (Å²) in [4.78, 5) is 4.47. The van der Waals surface area contributed by atoms with E-state index in [9.17, 15) is 4.39 Å². The van der Waals surface area contributed by atoms with Gasteiger partial charge in [-0.2, -0.15) is 0 Å². The molecular formula is C13H15FN2. The van der Waals surface area contributed by atoms with Crippen molar-refractivity contribution < 1.29 is 4.39 Å². The third-order valence-electron chi connectivity index (χ3n) is 2.71. The van der Waals surface area contributed by atoms with E-state index in [1.165, 1.54) is 12.1 Å². The zero-order chi connectivity index (χ0) is 11.7. The van der Waals surface area contributed by atoms with Gasteiger partial charge in [0.1, 0.15) is 5.82 Å². The van der Waals surface area contributed by atoms with Crippen LogP contribution in [0.25, 0.3) is 10.9 Å². The van der Waals surface area contributed by atoms with Crippen LogP contribution < -0.4 is 5.73 Å². The highest BCUT2D eigenvalue weighted by Gasteiger charge is 2.08. The van der Waals surface area contributed by atoms with Gasteiger partial charge in [-0.25, -0.2) is 4.39 Å². The molecule has 0 aliphatic carbocycles. The third kappa shape index (κ3) is 1.91. The molecule has 0 fully saturated rings. The van der Waals surface area contributed by atoms with Crippen LogP contribution in [0.5, 0.6) is 0 Å². The van der Waals surface area contributed by atoms with Crippen molar-refractivity contribution in [3.05, 3.63) is 40.8 Å². The normalized spacial score (nSPS) is 11.0. The Balaban J connectivity index is 2.78. The Labute approximate surface area is 94.3 Å². The second-order valence-corrected chi connectivity index (χ2v) is 4.08. The van der Waals surface area contributed by atoms with E-state index in [1.54, 1.807) is 0 Å². The lowest BCUT2D eigenvalue weighted by molar-refractivity contribution is 0.627. The minimum Gasteiger partial charge on any atom is -0.330 e. The second kappa shape index (κ2) is 4.18. The van der Waals surface area contributed by atoms with Crippen molar-refractivity contribution in [2.24, 2.45) is 5.73 Å². The van der Waals surface area contributed by atoms with Crippen LogP contribution in [-0.2, 0) is 6.42 Å². The van der Waals surface area contributed by atoms with Crippen molar-refractivity contribution in [3.63, 3.8) is 0 Å². The number of rotatable bonds is 2. The molecule has 2 rings (SSSR count). The SMILES string of the molecule is Cc1cc(C)c2cc(F)cc(CCN)c2n1. The molecule has 0 bridgehead atoms. The van der Waals surface area contributed by atoms with Crippen molar-refractivity contribution in [1.82, 2.24) is 4.98 Å². The molecule has 2 nitrogen and oxygen atoms in total. The monoisotopic (exact) mass is 218 g/mol. The third-order valence-corrected chi connectivity index (χ3v) is 2.71. The fourth-order valence-electron chi connectivity index (χ4n) is 2.03. The van der Waals surface area contributed by atoms with Crippen LogP contribution in [0.4, 0.5) is 4.39 Å². The first-order valence-electron chi connectivity index (χ1n) is 5.38. The van der Waals surface area contributed by atoms with Crippen LogP contribution >= 0.6 is 0 Å². The van der Waals surface area contributed by atoms with E-state index in [0.717, 1.165) is 27.7 Å². The number of nitrogens with two attached hydrogens (primary N) is 1. The van der Waals surface area contributed by atoms with E-state index in [2.05, 4.69) is 4.98 Å². The molecule has 2 N–H and O–H groups in total. The molecule has 1 aromatic heterocycles. The molecule has 0 spiro atoms. The highest BCUT2D eigenvalue weighted by atomic mass is 19.1. The molecule has 1 heterocycles. The lowest BCUT2D eigenvalue weighted by Gasteiger charge is -2.08. The van der Waals surface area contributed by atoms with Gasteiger partial charge in [0.15, 0.2) is 0 Å². The Morgan fingerprint density at radius 2 is 2.00 bits per heavy atom. The average Bonchev–Trinajstić information content (AvgIpc) is 2.20. The first-order chi connectivity index (χ1) is 7.61. The number of aryl methyl sites for hydroxylation is 2. The Kier molecular flexibility index (Phi) is 2.88. The Morgan fingerprint density at radius 3 is 2.69 bits per heavy atom. The molecule has 1 aromatic carbocycles. The van der Waals surface area contributed by atoms with E-state index >= 15 is 0 Å². The maximum Gasteiger partial charge on any atom is 0.124 e. The lowest BCUT2D eigenvalue weighted by atomic mass is 10.0. The van der Waals surface area contributed by atoms with Crippen molar-refractivity contribution in [1.29, 1.82) is 0 Å². The molecular weight excluding hydrogens is 203 g/mol. The van der Waals surface area contributed by atoms with Crippen molar-refractivity contribution in [2.45, 2.75) is 20.3 Å². The molecule has 0 atom stereocenters. The number of hydrogen-bond acceptors (Lipinski definition) is 2. The van der Waals surface area contributed by atoms with Crippen LogP contribution in [0.1, 0.15) is 16.8 Å². The van der Waals surface area contributed by atoms with E-state index in [4.69, 9.17) is 5.73 Å². The summed E-state index contributed by atoms with van der Waals surface area (Å²) < 4.78 is 13.4. The predicted octanol–water partition coefficient (Wildman–Crippen LogP) is 2.49. The second-order valence-electron chi connectivity index (χ2n) is 4.08. The van der Waals surface area contributed by atoms with Crippen molar-refractivity contribution >= 4 is 10.9 Å². The van der Waals surface area contributed by atoms with E-state index in [1.807, 2.05) is 19.9 Å². The summed E-state index contributed by atoms with van der Waals surface area (Å²) in [5.41, 5.74) is 9.31. The molecule has 3 heteroatoms. The number of benzene rings is 1. The zero-order valence-corrected chi connectivity index (χ0v) is 9.55. The Bertz CT molecular complexity index is 535. The van der Waals surface area contributed by atoms with Crippen LogP contribution in [0, 0.1) is 19.7 Å². The summed E-state index contributed by atoms with van der Waals surface area (Å²) in [5, 5.41) is 0.883. The summed E-state index contributed by atoms with van der Waals surface area (Å²) in [7, 11) is 0. The summed E-state index contributed by atoms with van der Waals surface area (Å²) in [5.74, 6) is -0.218. The van der Waals surface area contributed by atoms with Gasteiger partial charge in [0.2, 0.25) is 0 Å². The van der Waals surface area contributed by atoms with Crippen LogP contribution in [0.15, 0.2) is 18.2 Å². The summed E-state index contributed by atoms with van der Waals surface area (Å²) in [6.07, 6.45) is 0.657. The predicted molar refractivity (Wildman–Crippen MR) is 63.9 cm³/mol. The molecule has 0 saturated heterocycles. The maximum absolute atomic E-state index is 13.4. The number of pyridine rings is 1. The van der Waals surface area contributed by atoms with Gasteiger partial charge in [-0.15, -0.1) is 0 Å². The first-order valence-corrected chi connectivity index (χ1v) is 5.38. The van der Waals surface area contributed by atoms with E-state index < -0.39 is 0 Å². The maximum atomic E-state index is 13.4. The van der Waals surface area contributed by atoms with Gasteiger partial charge in [0.25, 0.3) is 0 Å². The minimum atomic E-state index is -0.218. The number of halogens is 1. The lowest BCUT2D eigenvalue weighted by Crippen LogP contribution is -2.05. The van der Waals surface area contributed by atoms with Gasteiger partial charge in [0.05, 0.1) is 5.52 Å². The topological polar surface area (TPSA) is 38.9 Å². The molecule has 0 aliphatic heterocycles. The minimum absolute atomic E-state index is 0.218. The van der Waals surface area contributed by atoms with Gasteiger partial charge in [-0.3, -0.25) is 4.98 Å². The summed E-state index contributed by atoms with van der Waals surface area (Å²) >= 11 is 0. The van der Waals surface area contributed by atoms with Gasteiger partial charge in [-0.1, -0.05) is 0 Å². The molecule has 0 aliphatic rings. The molecule has 0 saturated carbocycles. The van der Waals surface area contributed by atoms with E-state index in [0.29, 0.717) is 13.0 Å². The molecule has 2 aromatic rings. The fraction of sp³-hybridized carbons (Fsp3) is 0.308. The van der Waals surface area contributed by atoms with Crippen molar-refractivity contribution in [2.75, 3.05) is 6.54 Å². The number of fused-ring (bicyclic) bond motifs is 1. The molecule has 0 amide bonds. The number of hydrogen-bond donors (Lipinski definition) is 1. The largest absolute Gasteiger partial charge is 0.330 e. The highest BCUT2D eigenvalue weighted by molar-refractivity contribution is 5.85. The van der Waals surface area contributed by atoms with Crippen molar-refractivity contribution in [3.8, 4) is 0 Å². The Morgan fingerprint density at radius 1 is 1.25 bits per heavy atom. The van der Waals surface area contributed by atoms with Gasteiger partial charge in [-0.05, 0) is 56.1 Å². The van der Waals surface area contributed by atoms with Crippen LogP contribution in [0.2, 0.25) is 0 Å². The van der Waals surface area contributed by atoms with Gasteiger partial charge >= 0.3 is 0 Å². The molecule has 84 valence electrons. The van der Waals surface area contributed by atoms with Gasteiger partial charge in [0, 0.05) is 11.1 Å². The highest BCUT2D eigenvalue weighted by Crippen LogP contribution is 2.23. The molecule has 0 radical (unpaired) electrons. The quantitative estimate of drug-likeness (QED) is 0.841. The van der Waals surface area contributed by atoms with Crippen LogP contribution in [0.3, 0.4) is 0 Å². The Hall–Kier alpha value is -1.48. The van der Waals surface area contributed by atoms with E-state index in [-0.39, 0.29) is 5.82 Å². The number of aromatic nitrogens is 1. The molecule has 0 unspecified atom stereocenters. The smallest absolute Gasteiger partial charge is 0.124 e. The van der Waals surface area contributed by atoms with Gasteiger partial charge < -0.3 is 5.73 Å². The van der Waals surface area contributed by atoms with Crippen LogP contribution in [-0.4, -0.2) is 11.5 Å². The zero-order valence-electron chi connectivity index (χ0n) is 9.55.